The van der Waals surface area contributed by atoms with E-state index in [-0.39, 0.29) is 5.60 Å². The molecule has 0 spiro atoms. The minimum absolute atomic E-state index is 0.266. The summed E-state index contributed by atoms with van der Waals surface area (Å²) in [4.78, 5) is 4.66. The first-order valence-electron chi connectivity index (χ1n) is 4.83. The second kappa shape index (κ2) is 2.24. The van der Waals surface area contributed by atoms with E-state index in [1.165, 1.54) is 12.8 Å². The lowest BCUT2D eigenvalue weighted by Gasteiger charge is -2.62. The van der Waals surface area contributed by atoms with Crippen LogP contribution in [0.3, 0.4) is 0 Å². The van der Waals surface area contributed by atoms with Gasteiger partial charge in [-0.05, 0) is 43.4 Å². The van der Waals surface area contributed by atoms with Crippen molar-refractivity contribution in [1.82, 2.24) is 0 Å². The van der Waals surface area contributed by atoms with Crippen LogP contribution >= 0.6 is 0 Å². The summed E-state index contributed by atoms with van der Waals surface area (Å²) in [6.07, 6.45) is 3.47. The molecule has 2 bridgehead atoms. The molecule has 3 aliphatic carbocycles. The molecule has 3 rings (SSSR count). The summed E-state index contributed by atoms with van der Waals surface area (Å²) >= 11 is 0. The van der Waals surface area contributed by atoms with E-state index in [1.54, 1.807) is 0 Å². The zero-order valence-corrected chi connectivity index (χ0v) is 8.13. The maximum Gasteiger partial charge on any atom is 0.104 e. The zero-order valence-electron chi connectivity index (χ0n) is 8.13. The molecule has 3 saturated carbocycles. The Kier molecular flexibility index (Phi) is 1.59. The van der Waals surface area contributed by atoms with Crippen LogP contribution in [0.5, 0.6) is 0 Å². The minimum Gasteiger partial charge on any atom is -0.251 e. The fraction of sp³-hybridized carbons (Fsp3) is 1.00. The van der Waals surface area contributed by atoms with Crippen LogP contribution < -0.4 is 0 Å². The second-order valence-corrected chi connectivity index (χ2v) is 5.25. The first-order chi connectivity index (χ1) is 5.50. The van der Waals surface area contributed by atoms with Gasteiger partial charge in [-0.3, -0.25) is 5.26 Å². The lowest BCUT2D eigenvalue weighted by Crippen LogP contribution is -2.60. The standard InChI is InChI=1S/C10H18O2/c1-9(2)7-4-5-10(3,12-11)8(9)6-7/h7-8,11H,4-6H2,1-3H3/t7-,8+,10-/m1/s1. The van der Waals surface area contributed by atoms with Crippen molar-refractivity contribution < 1.29 is 10.1 Å². The van der Waals surface area contributed by atoms with E-state index in [0.717, 1.165) is 12.3 Å². The van der Waals surface area contributed by atoms with Crippen molar-refractivity contribution in [3.05, 3.63) is 0 Å². The molecule has 70 valence electrons. The molecule has 0 aromatic rings. The molecule has 12 heavy (non-hydrogen) atoms. The Morgan fingerprint density at radius 1 is 1.33 bits per heavy atom. The Balaban J connectivity index is 2.21. The molecule has 3 atom stereocenters. The number of hydrogen-bond donors (Lipinski definition) is 1. The van der Waals surface area contributed by atoms with Crippen LogP contribution in [-0.2, 0) is 4.89 Å². The number of fused-ring (bicyclic) bond motifs is 2. The summed E-state index contributed by atoms with van der Waals surface area (Å²) in [5.74, 6) is 1.42. The number of hydrogen-bond acceptors (Lipinski definition) is 2. The topological polar surface area (TPSA) is 29.5 Å². The summed E-state index contributed by atoms with van der Waals surface area (Å²) in [5.41, 5.74) is 0.119. The minimum atomic E-state index is -0.266. The van der Waals surface area contributed by atoms with E-state index < -0.39 is 0 Å². The highest BCUT2D eigenvalue weighted by molar-refractivity contribution is 5.09. The first kappa shape index (κ1) is 8.52. The van der Waals surface area contributed by atoms with Crippen LogP contribution in [0.15, 0.2) is 0 Å². The Morgan fingerprint density at radius 2 is 2.00 bits per heavy atom. The maximum absolute atomic E-state index is 8.88. The highest BCUT2D eigenvalue weighted by Gasteiger charge is 2.60. The van der Waals surface area contributed by atoms with E-state index in [1.807, 2.05) is 6.92 Å². The molecule has 0 heterocycles. The molecular weight excluding hydrogens is 152 g/mol. The molecule has 3 aliphatic rings. The van der Waals surface area contributed by atoms with Crippen LogP contribution in [0.2, 0.25) is 0 Å². The van der Waals surface area contributed by atoms with Crippen molar-refractivity contribution in [2.24, 2.45) is 17.3 Å². The third-order valence-electron chi connectivity index (χ3n) is 4.41. The smallest absolute Gasteiger partial charge is 0.104 e. The van der Waals surface area contributed by atoms with Gasteiger partial charge in [0.25, 0.3) is 0 Å². The molecule has 0 aromatic carbocycles. The summed E-state index contributed by atoms with van der Waals surface area (Å²) in [7, 11) is 0. The quantitative estimate of drug-likeness (QED) is 0.484. The molecule has 0 aliphatic heterocycles. The van der Waals surface area contributed by atoms with Gasteiger partial charge < -0.3 is 0 Å². The van der Waals surface area contributed by atoms with Gasteiger partial charge in [0.2, 0.25) is 0 Å². The van der Waals surface area contributed by atoms with Gasteiger partial charge in [0.05, 0.1) is 0 Å². The third kappa shape index (κ3) is 0.826. The van der Waals surface area contributed by atoms with Crippen LogP contribution in [0.25, 0.3) is 0 Å². The maximum atomic E-state index is 8.88. The van der Waals surface area contributed by atoms with Gasteiger partial charge in [0.15, 0.2) is 0 Å². The molecular formula is C10H18O2. The molecule has 0 unspecified atom stereocenters. The average molecular weight is 170 g/mol. The molecule has 3 fully saturated rings. The van der Waals surface area contributed by atoms with E-state index in [4.69, 9.17) is 5.26 Å². The fourth-order valence-corrected chi connectivity index (χ4v) is 3.29. The summed E-state index contributed by atoms with van der Waals surface area (Å²) < 4.78 is 0. The largest absolute Gasteiger partial charge is 0.251 e. The van der Waals surface area contributed by atoms with Crippen molar-refractivity contribution in [2.75, 3.05) is 0 Å². The van der Waals surface area contributed by atoms with Crippen LogP contribution in [-0.4, -0.2) is 10.9 Å². The van der Waals surface area contributed by atoms with Gasteiger partial charge in [0.1, 0.15) is 5.60 Å². The predicted molar refractivity (Wildman–Crippen MR) is 46.7 cm³/mol. The normalized spacial score (nSPS) is 50.0. The summed E-state index contributed by atoms with van der Waals surface area (Å²) in [6.45, 7) is 6.62. The Hall–Kier alpha value is -0.0800. The molecule has 0 radical (unpaired) electrons. The van der Waals surface area contributed by atoms with Gasteiger partial charge in [-0.2, -0.15) is 0 Å². The van der Waals surface area contributed by atoms with Gasteiger partial charge in [-0.25, -0.2) is 4.89 Å². The molecule has 0 saturated heterocycles. The SMILES string of the molecule is CC1(C)[C@@H]2CC[C@@](C)(OO)[C@H]1C2. The fourth-order valence-electron chi connectivity index (χ4n) is 3.29. The van der Waals surface area contributed by atoms with Crippen molar-refractivity contribution in [1.29, 1.82) is 0 Å². The van der Waals surface area contributed by atoms with E-state index in [2.05, 4.69) is 18.7 Å². The van der Waals surface area contributed by atoms with Crippen LogP contribution in [0.1, 0.15) is 40.0 Å². The molecule has 0 amide bonds. The molecule has 2 heteroatoms. The van der Waals surface area contributed by atoms with Crippen molar-refractivity contribution in [3.8, 4) is 0 Å². The van der Waals surface area contributed by atoms with Crippen molar-refractivity contribution in [3.63, 3.8) is 0 Å². The summed E-state index contributed by atoms with van der Waals surface area (Å²) in [6, 6.07) is 0. The van der Waals surface area contributed by atoms with Gasteiger partial charge >= 0.3 is 0 Å². The van der Waals surface area contributed by atoms with E-state index in [0.29, 0.717) is 11.3 Å². The first-order valence-corrected chi connectivity index (χ1v) is 4.83. The highest BCUT2D eigenvalue weighted by atomic mass is 17.1. The molecule has 0 aromatic heterocycles. The second-order valence-electron chi connectivity index (χ2n) is 5.25. The molecule has 2 nitrogen and oxygen atoms in total. The monoisotopic (exact) mass is 170 g/mol. The lowest BCUT2D eigenvalue weighted by molar-refractivity contribution is -0.371. The van der Waals surface area contributed by atoms with Gasteiger partial charge in [-0.1, -0.05) is 13.8 Å². The summed E-state index contributed by atoms with van der Waals surface area (Å²) in [5, 5.41) is 8.88. The Morgan fingerprint density at radius 3 is 2.33 bits per heavy atom. The van der Waals surface area contributed by atoms with Gasteiger partial charge in [-0.15, -0.1) is 0 Å². The predicted octanol–water partition coefficient (Wildman–Crippen LogP) is 2.69. The molecule has 1 N–H and O–H groups in total. The Bertz CT molecular complexity index is 198. The van der Waals surface area contributed by atoms with Crippen LogP contribution in [0, 0.1) is 17.3 Å². The van der Waals surface area contributed by atoms with E-state index in [9.17, 15) is 0 Å². The third-order valence-corrected chi connectivity index (χ3v) is 4.41. The van der Waals surface area contributed by atoms with E-state index >= 15 is 0 Å². The Labute approximate surface area is 73.8 Å². The van der Waals surface area contributed by atoms with Gasteiger partial charge in [0, 0.05) is 0 Å². The average Bonchev–Trinajstić information content (AvgIpc) is 2.04. The van der Waals surface area contributed by atoms with Crippen LogP contribution in [0.4, 0.5) is 0 Å². The van der Waals surface area contributed by atoms with Crippen molar-refractivity contribution >= 4 is 0 Å². The zero-order chi connectivity index (χ0) is 8.98. The lowest BCUT2D eigenvalue weighted by atomic mass is 9.44. The highest BCUT2D eigenvalue weighted by Crippen LogP contribution is 2.63. The number of rotatable bonds is 1. The van der Waals surface area contributed by atoms with Crippen molar-refractivity contribution in [2.45, 2.75) is 45.6 Å².